The number of nitrogens with zero attached hydrogens (tertiary/aromatic N) is 3. The van der Waals surface area contributed by atoms with Gasteiger partial charge >= 0.3 is 5.97 Å². The van der Waals surface area contributed by atoms with Gasteiger partial charge in [0.1, 0.15) is 12.2 Å². The number of aromatic nitrogens is 2. The zero-order valence-corrected chi connectivity index (χ0v) is 9.70. The minimum Gasteiger partial charge on any atom is -0.465 e. The van der Waals surface area contributed by atoms with Crippen molar-refractivity contribution in [2.45, 2.75) is 13.5 Å². The minimum absolute atomic E-state index is 0.0672. The molecule has 94 valence electrons. The summed E-state index contributed by atoms with van der Waals surface area (Å²) >= 11 is 0. The molecule has 0 aliphatic heterocycles. The molecule has 0 saturated carbocycles. The van der Waals surface area contributed by atoms with Gasteiger partial charge in [-0.15, -0.1) is 0 Å². The van der Waals surface area contributed by atoms with Gasteiger partial charge in [-0.25, -0.2) is 4.98 Å². The Kier molecular flexibility index (Phi) is 3.22. The van der Waals surface area contributed by atoms with Crippen LogP contribution in [-0.2, 0) is 16.1 Å². The lowest BCUT2D eigenvalue weighted by Gasteiger charge is -2.03. The molecule has 0 N–H and O–H groups in total. The fourth-order valence-corrected chi connectivity index (χ4v) is 1.72. The lowest BCUT2D eigenvalue weighted by Crippen LogP contribution is -2.12. The lowest BCUT2D eigenvalue weighted by molar-refractivity contribution is -0.383. The number of ether oxygens (including phenoxy) is 1. The maximum Gasteiger partial charge on any atom is 0.326 e. The molecule has 2 aromatic heterocycles. The summed E-state index contributed by atoms with van der Waals surface area (Å²) in [6.45, 7) is 1.88. The fourth-order valence-electron chi connectivity index (χ4n) is 1.72. The molecule has 0 aliphatic carbocycles. The topological polar surface area (TPSA) is 87.3 Å². The van der Waals surface area contributed by atoms with Crippen molar-refractivity contribution in [1.29, 1.82) is 0 Å². The Morgan fingerprint density at radius 3 is 3.06 bits per heavy atom. The highest BCUT2D eigenvalue weighted by Gasteiger charge is 2.19. The maximum absolute atomic E-state index is 11.4. The van der Waals surface area contributed by atoms with Crippen LogP contribution in [0.25, 0.3) is 11.0 Å². The molecule has 0 bridgehead atoms. The van der Waals surface area contributed by atoms with E-state index in [-0.39, 0.29) is 18.8 Å². The van der Waals surface area contributed by atoms with Crippen LogP contribution in [0, 0.1) is 10.1 Å². The van der Waals surface area contributed by atoms with Gasteiger partial charge in [0.2, 0.25) is 0 Å². The van der Waals surface area contributed by atoms with Gasteiger partial charge in [-0.05, 0) is 19.1 Å². The second-order valence-electron chi connectivity index (χ2n) is 3.58. The van der Waals surface area contributed by atoms with Crippen molar-refractivity contribution in [2.24, 2.45) is 0 Å². The number of rotatable bonds is 4. The van der Waals surface area contributed by atoms with Gasteiger partial charge in [0.25, 0.3) is 5.69 Å². The van der Waals surface area contributed by atoms with Gasteiger partial charge in [-0.3, -0.25) is 14.9 Å². The molecule has 0 fully saturated rings. The van der Waals surface area contributed by atoms with Crippen molar-refractivity contribution in [1.82, 2.24) is 9.55 Å². The number of nitro groups is 1. The molecule has 2 heterocycles. The van der Waals surface area contributed by atoms with Crippen molar-refractivity contribution >= 4 is 22.7 Å². The monoisotopic (exact) mass is 249 g/mol. The van der Waals surface area contributed by atoms with E-state index in [0.717, 1.165) is 0 Å². The molecule has 2 aromatic rings. The van der Waals surface area contributed by atoms with E-state index in [9.17, 15) is 14.9 Å². The first kappa shape index (κ1) is 12.0. The molecule has 18 heavy (non-hydrogen) atoms. The van der Waals surface area contributed by atoms with Crippen LogP contribution in [0.1, 0.15) is 6.92 Å². The summed E-state index contributed by atoms with van der Waals surface area (Å²) in [6.07, 6.45) is 2.82. The van der Waals surface area contributed by atoms with Crippen molar-refractivity contribution in [3.63, 3.8) is 0 Å². The Morgan fingerprint density at radius 2 is 2.39 bits per heavy atom. The second kappa shape index (κ2) is 4.82. The number of hydrogen-bond donors (Lipinski definition) is 0. The van der Waals surface area contributed by atoms with Crippen molar-refractivity contribution in [2.75, 3.05) is 6.61 Å². The van der Waals surface area contributed by atoms with E-state index in [2.05, 4.69) is 4.98 Å². The van der Waals surface area contributed by atoms with E-state index >= 15 is 0 Å². The highest BCUT2D eigenvalue weighted by molar-refractivity contribution is 5.87. The van der Waals surface area contributed by atoms with E-state index in [1.165, 1.54) is 17.0 Å². The highest BCUT2D eigenvalue weighted by atomic mass is 16.6. The zero-order valence-electron chi connectivity index (χ0n) is 9.70. The number of esters is 1. The summed E-state index contributed by atoms with van der Waals surface area (Å²) in [7, 11) is 0. The highest BCUT2D eigenvalue weighted by Crippen LogP contribution is 2.25. The quantitative estimate of drug-likeness (QED) is 0.465. The van der Waals surface area contributed by atoms with E-state index < -0.39 is 10.9 Å². The lowest BCUT2D eigenvalue weighted by atomic mass is 10.3. The third kappa shape index (κ3) is 2.15. The Morgan fingerprint density at radius 1 is 1.61 bits per heavy atom. The fraction of sp³-hybridized carbons (Fsp3) is 0.273. The van der Waals surface area contributed by atoms with Crippen LogP contribution < -0.4 is 0 Å². The predicted octanol–water partition coefficient (Wildman–Crippen LogP) is 1.51. The molecule has 0 aliphatic rings. The van der Waals surface area contributed by atoms with E-state index in [0.29, 0.717) is 11.0 Å². The first-order valence-corrected chi connectivity index (χ1v) is 5.37. The summed E-state index contributed by atoms with van der Waals surface area (Å²) in [5.41, 5.74) is 0.333. The summed E-state index contributed by atoms with van der Waals surface area (Å²) in [5.74, 6) is -0.449. The average Bonchev–Trinajstić information content (AvgIpc) is 2.69. The SMILES string of the molecule is CCOC(=O)Cn1cc([N+](=O)[O-])c2cccnc21. The molecule has 0 unspecified atom stereocenters. The van der Waals surface area contributed by atoms with E-state index in [1.807, 2.05) is 0 Å². The summed E-state index contributed by atoms with van der Waals surface area (Å²) in [6, 6.07) is 3.21. The second-order valence-corrected chi connectivity index (χ2v) is 3.58. The zero-order chi connectivity index (χ0) is 13.1. The molecule has 0 saturated heterocycles. The molecule has 0 radical (unpaired) electrons. The minimum atomic E-state index is -0.494. The molecule has 0 aromatic carbocycles. The van der Waals surface area contributed by atoms with Crippen LogP contribution in [0.15, 0.2) is 24.5 Å². The van der Waals surface area contributed by atoms with Crippen LogP contribution in [0.2, 0.25) is 0 Å². The Balaban J connectivity index is 2.45. The normalized spacial score (nSPS) is 10.5. The van der Waals surface area contributed by atoms with Crippen LogP contribution in [0.3, 0.4) is 0 Å². The van der Waals surface area contributed by atoms with Gasteiger partial charge < -0.3 is 9.30 Å². The predicted molar refractivity (Wildman–Crippen MR) is 63.0 cm³/mol. The van der Waals surface area contributed by atoms with Gasteiger partial charge in [0.05, 0.1) is 23.1 Å². The first-order chi connectivity index (χ1) is 8.63. The average molecular weight is 249 g/mol. The standard InChI is InChI=1S/C11H11N3O4/c1-2-18-10(15)7-13-6-9(14(16)17)8-4-3-5-12-11(8)13/h3-6H,2,7H2,1H3. The summed E-state index contributed by atoms with van der Waals surface area (Å²) in [4.78, 5) is 25.8. The smallest absolute Gasteiger partial charge is 0.326 e. The molecule has 2 rings (SSSR count). The van der Waals surface area contributed by atoms with Gasteiger partial charge in [-0.2, -0.15) is 0 Å². The third-order valence-electron chi connectivity index (χ3n) is 2.41. The van der Waals surface area contributed by atoms with Crippen LogP contribution in [0.5, 0.6) is 0 Å². The third-order valence-corrected chi connectivity index (χ3v) is 2.41. The number of carbonyl (C=O) groups excluding carboxylic acids is 1. The molecule has 7 nitrogen and oxygen atoms in total. The summed E-state index contributed by atoms with van der Waals surface area (Å²) < 4.78 is 6.23. The number of hydrogen-bond acceptors (Lipinski definition) is 5. The van der Waals surface area contributed by atoms with Gasteiger partial charge in [-0.1, -0.05) is 0 Å². The van der Waals surface area contributed by atoms with Crippen LogP contribution >= 0.6 is 0 Å². The molecule has 0 amide bonds. The molecular formula is C11H11N3O4. The molecule has 7 heteroatoms. The Hall–Kier alpha value is -2.44. The maximum atomic E-state index is 11.4. The van der Waals surface area contributed by atoms with Crippen LogP contribution in [0.4, 0.5) is 5.69 Å². The van der Waals surface area contributed by atoms with Crippen LogP contribution in [-0.4, -0.2) is 27.1 Å². The number of fused-ring (bicyclic) bond motifs is 1. The molecule has 0 spiro atoms. The number of pyridine rings is 1. The van der Waals surface area contributed by atoms with Crippen molar-refractivity contribution in [3.05, 3.63) is 34.6 Å². The van der Waals surface area contributed by atoms with Crippen molar-refractivity contribution in [3.8, 4) is 0 Å². The molecule has 0 atom stereocenters. The Labute approximate surface area is 102 Å². The van der Waals surface area contributed by atoms with Crippen molar-refractivity contribution < 1.29 is 14.5 Å². The number of carbonyl (C=O) groups is 1. The first-order valence-electron chi connectivity index (χ1n) is 5.37. The van der Waals surface area contributed by atoms with Gasteiger partial charge in [0.15, 0.2) is 0 Å². The largest absolute Gasteiger partial charge is 0.465 e. The van der Waals surface area contributed by atoms with Gasteiger partial charge in [0, 0.05) is 6.20 Å². The van der Waals surface area contributed by atoms with E-state index in [1.54, 1.807) is 19.1 Å². The summed E-state index contributed by atoms with van der Waals surface area (Å²) in [5, 5.41) is 11.3. The van der Waals surface area contributed by atoms with E-state index in [4.69, 9.17) is 4.74 Å². The Bertz CT molecular complexity index is 605. The molecular weight excluding hydrogens is 238 g/mol.